The lowest BCUT2D eigenvalue weighted by Crippen LogP contribution is -2.46. The lowest BCUT2D eigenvalue weighted by Gasteiger charge is -2.30. The van der Waals surface area contributed by atoms with Crippen molar-refractivity contribution >= 4 is 11.9 Å². The van der Waals surface area contributed by atoms with Gasteiger partial charge in [-0.25, -0.2) is 0 Å². The van der Waals surface area contributed by atoms with E-state index in [0.29, 0.717) is 0 Å². The average molecular weight is 269 g/mol. The first kappa shape index (κ1) is 16.0. The van der Waals surface area contributed by atoms with Crippen molar-refractivity contribution in [2.24, 2.45) is 22.2 Å². The Morgan fingerprint density at radius 1 is 1.16 bits per heavy atom. The minimum Gasteiger partial charge on any atom is -0.481 e. The van der Waals surface area contributed by atoms with E-state index in [2.05, 4.69) is 33.0 Å². The normalized spacial score (nSPS) is 22.7. The first-order valence-electron chi connectivity index (χ1n) is 6.84. The summed E-state index contributed by atoms with van der Waals surface area (Å²) in [4.78, 5) is 23.3. The zero-order valence-electron chi connectivity index (χ0n) is 13.1. The zero-order valence-corrected chi connectivity index (χ0v) is 13.1. The van der Waals surface area contributed by atoms with Gasteiger partial charge in [-0.15, -0.1) is 0 Å². The molecule has 110 valence electrons. The fourth-order valence-electron chi connectivity index (χ4n) is 2.86. The highest BCUT2D eigenvalue weighted by Gasteiger charge is 2.68. The van der Waals surface area contributed by atoms with Gasteiger partial charge in [0.25, 0.3) is 0 Å². The Balaban J connectivity index is 2.77. The summed E-state index contributed by atoms with van der Waals surface area (Å²) >= 11 is 0. The third-order valence-electron chi connectivity index (χ3n) is 5.02. The van der Waals surface area contributed by atoms with Crippen LogP contribution in [0, 0.1) is 22.2 Å². The van der Waals surface area contributed by atoms with Gasteiger partial charge < -0.3 is 10.4 Å². The molecule has 19 heavy (non-hydrogen) atoms. The van der Waals surface area contributed by atoms with Crippen molar-refractivity contribution in [2.75, 3.05) is 0 Å². The Labute approximate surface area is 116 Å². The summed E-state index contributed by atoms with van der Waals surface area (Å²) in [5.74, 6) is -0.940. The minimum absolute atomic E-state index is 0.0174. The van der Waals surface area contributed by atoms with E-state index in [1.54, 1.807) is 0 Å². The minimum atomic E-state index is -0.880. The highest BCUT2D eigenvalue weighted by Crippen LogP contribution is 2.68. The Morgan fingerprint density at radius 3 is 1.84 bits per heavy atom. The van der Waals surface area contributed by atoms with Crippen LogP contribution in [0.2, 0.25) is 0 Å². The van der Waals surface area contributed by atoms with Crippen molar-refractivity contribution in [3.05, 3.63) is 0 Å². The van der Waals surface area contributed by atoms with Crippen molar-refractivity contribution in [3.63, 3.8) is 0 Å². The van der Waals surface area contributed by atoms with Crippen LogP contribution in [0.25, 0.3) is 0 Å². The number of carboxylic acid groups (broad SMARTS) is 1. The molecule has 1 atom stereocenters. The van der Waals surface area contributed by atoms with E-state index < -0.39 is 5.97 Å². The van der Waals surface area contributed by atoms with Crippen molar-refractivity contribution in [2.45, 2.75) is 60.9 Å². The largest absolute Gasteiger partial charge is 0.481 e. The maximum absolute atomic E-state index is 12.4. The van der Waals surface area contributed by atoms with Gasteiger partial charge in [-0.3, -0.25) is 9.59 Å². The van der Waals surface area contributed by atoms with Crippen LogP contribution in [0.15, 0.2) is 0 Å². The van der Waals surface area contributed by atoms with Crippen molar-refractivity contribution in [1.82, 2.24) is 5.32 Å². The molecular formula is C15H27NO3. The van der Waals surface area contributed by atoms with Gasteiger partial charge >= 0.3 is 5.97 Å². The number of hydrogen-bond acceptors (Lipinski definition) is 2. The molecule has 4 nitrogen and oxygen atoms in total. The Kier molecular flexibility index (Phi) is 3.79. The lowest BCUT2D eigenvalue weighted by atomic mass is 9.84. The van der Waals surface area contributed by atoms with Crippen molar-refractivity contribution < 1.29 is 14.7 Å². The van der Waals surface area contributed by atoms with E-state index >= 15 is 0 Å². The maximum Gasteiger partial charge on any atom is 0.305 e. The molecule has 1 aliphatic carbocycles. The standard InChI is InChI=1S/C15H27NO3/c1-13(2,3)9(8-10(17)18)16-12(19)11-14(4,5)15(11,6)7/h9,11H,8H2,1-7H3,(H,16,19)(H,17,18). The third kappa shape index (κ3) is 2.93. The average Bonchev–Trinajstić information content (AvgIpc) is 2.53. The number of rotatable bonds is 4. The van der Waals surface area contributed by atoms with Gasteiger partial charge in [0, 0.05) is 12.0 Å². The second-order valence-corrected chi connectivity index (χ2v) is 7.90. The topological polar surface area (TPSA) is 66.4 Å². The number of hydrogen-bond donors (Lipinski definition) is 2. The Morgan fingerprint density at radius 2 is 1.58 bits per heavy atom. The molecule has 1 saturated carbocycles. The predicted octanol–water partition coefficient (Wildman–Crippen LogP) is 2.67. The molecule has 0 spiro atoms. The summed E-state index contributed by atoms with van der Waals surface area (Å²) in [5.41, 5.74) is -0.317. The van der Waals surface area contributed by atoms with Gasteiger partial charge in [0.05, 0.1) is 6.42 Å². The van der Waals surface area contributed by atoms with Gasteiger partial charge in [0.15, 0.2) is 0 Å². The van der Waals surface area contributed by atoms with Crippen LogP contribution in [0.1, 0.15) is 54.9 Å². The highest BCUT2D eigenvalue weighted by atomic mass is 16.4. The number of aliphatic carboxylic acids is 1. The molecule has 1 amide bonds. The highest BCUT2D eigenvalue weighted by molar-refractivity contribution is 5.85. The molecule has 1 unspecified atom stereocenters. The molecule has 0 radical (unpaired) electrons. The van der Waals surface area contributed by atoms with E-state index in [1.807, 2.05) is 20.8 Å². The fourth-order valence-corrected chi connectivity index (χ4v) is 2.86. The van der Waals surface area contributed by atoms with E-state index in [0.717, 1.165) is 0 Å². The van der Waals surface area contributed by atoms with Crippen molar-refractivity contribution in [3.8, 4) is 0 Å². The van der Waals surface area contributed by atoms with Gasteiger partial charge in [0.1, 0.15) is 0 Å². The molecule has 0 saturated heterocycles. The summed E-state index contributed by atoms with van der Waals surface area (Å²) in [6.45, 7) is 14.2. The van der Waals surface area contributed by atoms with Crippen LogP contribution >= 0.6 is 0 Å². The number of carboxylic acids is 1. The Hall–Kier alpha value is -1.06. The van der Waals surface area contributed by atoms with Gasteiger partial charge in [-0.1, -0.05) is 48.5 Å². The summed E-state index contributed by atoms with van der Waals surface area (Å²) in [6, 6.07) is -0.343. The zero-order chi connectivity index (χ0) is 15.2. The number of carbonyl (C=O) groups excluding carboxylic acids is 1. The third-order valence-corrected chi connectivity index (χ3v) is 5.02. The molecule has 0 bridgehead atoms. The second kappa shape index (κ2) is 4.50. The molecule has 1 aliphatic rings. The first-order valence-corrected chi connectivity index (χ1v) is 6.84. The van der Waals surface area contributed by atoms with E-state index in [9.17, 15) is 9.59 Å². The van der Waals surface area contributed by atoms with E-state index in [1.165, 1.54) is 0 Å². The first-order chi connectivity index (χ1) is 8.31. The smallest absolute Gasteiger partial charge is 0.305 e. The fraction of sp³-hybridized carbons (Fsp3) is 0.867. The molecule has 0 heterocycles. The molecule has 2 N–H and O–H groups in total. The van der Waals surface area contributed by atoms with Crippen LogP contribution in [-0.4, -0.2) is 23.0 Å². The molecule has 1 rings (SSSR count). The predicted molar refractivity (Wildman–Crippen MR) is 74.7 cm³/mol. The summed E-state index contributed by atoms with van der Waals surface area (Å²) in [5, 5.41) is 11.9. The summed E-state index contributed by atoms with van der Waals surface area (Å²) in [6.07, 6.45) is -0.0389. The van der Waals surface area contributed by atoms with Crippen molar-refractivity contribution in [1.29, 1.82) is 0 Å². The number of nitrogens with one attached hydrogen (secondary N) is 1. The van der Waals surface area contributed by atoms with Crippen LogP contribution in [0.4, 0.5) is 0 Å². The molecule has 1 fully saturated rings. The summed E-state index contributed by atoms with van der Waals surface area (Å²) < 4.78 is 0. The van der Waals surface area contributed by atoms with E-state index in [-0.39, 0.29) is 40.5 Å². The number of carbonyl (C=O) groups is 2. The van der Waals surface area contributed by atoms with Crippen LogP contribution < -0.4 is 5.32 Å². The van der Waals surface area contributed by atoms with Crippen LogP contribution in [0.5, 0.6) is 0 Å². The lowest BCUT2D eigenvalue weighted by molar-refractivity contribution is -0.138. The molecule has 0 aromatic carbocycles. The number of amides is 1. The quantitative estimate of drug-likeness (QED) is 0.824. The van der Waals surface area contributed by atoms with Crippen LogP contribution in [0.3, 0.4) is 0 Å². The second-order valence-electron chi connectivity index (χ2n) is 7.90. The summed E-state index contributed by atoms with van der Waals surface area (Å²) in [7, 11) is 0. The van der Waals surface area contributed by atoms with Gasteiger partial charge in [-0.05, 0) is 16.2 Å². The SMILES string of the molecule is CC(C)(C)C(CC(=O)O)NC(=O)C1C(C)(C)C1(C)C. The van der Waals surface area contributed by atoms with Gasteiger partial charge in [-0.2, -0.15) is 0 Å². The molecule has 4 heteroatoms. The Bertz CT molecular complexity index is 377. The molecule has 0 aliphatic heterocycles. The van der Waals surface area contributed by atoms with Crippen LogP contribution in [-0.2, 0) is 9.59 Å². The van der Waals surface area contributed by atoms with E-state index in [4.69, 9.17) is 5.11 Å². The maximum atomic E-state index is 12.4. The molecule has 0 aromatic rings. The van der Waals surface area contributed by atoms with Gasteiger partial charge in [0.2, 0.25) is 5.91 Å². The monoisotopic (exact) mass is 269 g/mol. The molecular weight excluding hydrogens is 242 g/mol. The molecule has 0 aromatic heterocycles.